The Labute approximate surface area is 193 Å². The quantitative estimate of drug-likeness (QED) is 0.522. The number of nitrogens with one attached hydrogen (secondary N) is 2. The highest BCUT2D eigenvalue weighted by Gasteiger charge is 2.21. The molecule has 0 bridgehead atoms. The van der Waals surface area contributed by atoms with Crippen molar-refractivity contribution in [3.63, 3.8) is 0 Å². The van der Waals surface area contributed by atoms with Gasteiger partial charge in [-0.3, -0.25) is 9.52 Å². The van der Waals surface area contributed by atoms with Crippen molar-refractivity contribution in [2.24, 2.45) is 0 Å². The number of fused-ring (bicyclic) bond motifs is 1. The van der Waals surface area contributed by atoms with Gasteiger partial charge in [-0.2, -0.15) is 0 Å². The fourth-order valence-corrected chi connectivity index (χ4v) is 4.95. The van der Waals surface area contributed by atoms with Gasteiger partial charge in [-0.1, -0.05) is 30.3 Å². The summed E-state index contributed by atoms with van der Waals surface area (Å²) >= 11 is 0. The van der Waals surface area contributed by atoms with Crippen LogP contribution in [0.3, 0.4) is 0 Å². The predicted octanol–water partition coefficient (Wildman–Crippen LogP) is 4.07. The van der Waals surface area contributed by atoms with Crippen LogP contribution in [0.25, 0.3) is 0 Å². The molecule has 0 spiro atoms. The van der Waals surface area contributed by atoms with Gasteiger partial charge in [-0.05, 0) is 66.8 Å². The SMILES string of the molecule is COc1cccc(NS(=O)(=O)c2ccc(OCC(=O)NC3CCCc4ccccc43)cc2)c1. The standard InChI is InChI=1S/C25H26N2O5S/c1-31-21-9-5-8-19(16-21)27-33(29,30)22-14-12-20(13-15-22)32-17-25(28)26-24-11-4-7-18-6-2-3-10-23(18)24/h2-3,5-6,8-10,12-16,24,27H,4,7,11,17H2,1H3,(H,26,28). The van der Waals surface area contributed by atoms with Crippen molar-refractivity contribution >= 4 is 21.6 Å². The van der Waals surface area contributed by atoms with Crippen LogP contribution in [0.15, 0.2) is 77.7 Å². The molecule has 1 aliphatic rings. The molecule has 0 saturated carbocycles. The molecular formula is C25H26N2O5S. The van der Waals surface area contributed by atoms with Gasteiger partial charge in [0.2, 0.25) is 0 Å². The average molecular weight is 467 g/mol. The van der Waals surface area contributed by atoms with Crippen molar-refractivity contribution in [3.8, 4) is 11.5 Å². The van der Waals surface area contributed by atoms with E-state index in [4.69, 9.17) is 9.47 Å². The summed E-state index contributed by atoms with van der Waals surface area (Å²) in [5.74, 6) is 0.747. The number of hydrogen-bond donors (Lipinski definition) is 2. The van der Waals surface area contributed by atoms with Crippen molar-refractivity contribution in [2.75, 3.05) is 18.4 Å². The Hall–Kier alpha value is -3.52. The molecule has 3 aromatic rings. The van der Waals surface area contributed by atoms with Gasteiger partial charge in [0.1, 0.15) is 11.5 Å². The topological polar surface area (TPSA) is 93.7 Å². The van der Waals surface area contributed by atoms with Gasteiger partial charge in [-0.25, -0.2) is 8.42 Å². The molecule has 172 valence electrons. The molecule has 0 heterocycles. The third-order valence-corrected chi connectivity index (χ3v) is 6.93. The molecule has 0 radical (unpaired) electrons. The van der Waals surface area contributed by atoms with Gasteiger partial charge >= 0.3 is 0 Å². The van der Waals surface area contributed by atoms with Crippen molar-refractivity contribution < 1.29 is 22.7 Å². The van der Waals surface area contributed by atoms with Crippen LogP contribution in [-0.4, -0.2) is 28.0 Å². The number of methoxy groups -OCH3 is 1. The van der Waals surface area contributed by atoms with E-state index in [0.717, 1.165) is 24.8 Å². The lowest BCUT2D eigenvalue weighted by Gasteiger charge is -2.26. The molecule has 8 heteroatoms. The summed E-state index contributed by atoms with van der Waals surface area (Å²) in [7, 11) is -2.26. The van der Waals surface area contributed by atoms with Crippen molar-refractivity contribution in [1.82, 2.24) is 5.32 Å². The minimum Gasteiger partial charge on any atom is -0.497 e. The number of ether oxygens (including phenoxy) is 2. The molecular weight excluding hydrogens is 440 g/mol. The van der Waals surface area contributed by atoms with Gasteiger partial charge in [0.05, 0.1) is 23.7 Å². The molecule has 0 fully saturated rings. The molecule has 2 N–H and O–H groups in total. The molecule has 1 unspecified atom stereocenters. The number of hydrogen-bond acceptors (Lipinski definition) is 5. The van der Waals surface area contributed by atoms with Crippen LogP contribution in [0.4, 0.5) is 5.69 Å². The number of benzene rings is 3. The summed E-state index contributed by atoms with van der Waals surface area (Å²) < 4.78 is 38.5. The smallest absolute Gasteiger partial charge is 0.261 e. The Bertz CT molecular complexity index is 1230. The monoisotopic (exact) mass is 466 g/mol. The largest absolute Gasteiger partial charge is 0.497 e. The molecule has 0 aromatic heterocycles. The van der Waals surface area contributed by atoms with E-state index in [1.165, 1.54) is 36.9 Å². The second-order valence-corrected chi connectivity index (χ2v) is 9.49. The number of carbonyl (C=O) groups excluding carboxylic acids is 1. The molecule has 1 aliphatic carbocycles. The third kappa shape index (κ3) is 5.64. The Morgan fingerprint density at radius 2 is 1.79 bits per heavy atom. The first kappa shape index (κ1) is 22.7. The summed E-state index contributed by atoms with van der Waals surface area (Å²) in [5, 5.41) is 3.04. The molecule has 1 amide bonds. The highest BCUT2D eigenvalue weighted by atomic mass is 32.2. The summed E-state index contributed by atoms with van der Waals surface area (Å²) in [6.07, 6.45) is 2.96. The van der Waals surface area contributed by atoms with Crippen LogP contribution in [0.1, 0.15) is 30.0 Å². The molecule has 0 saturated heterocycles. The Morgan fingerprint density at radius 1 is 1.00 bits per heavy atom. The maximum atomic E-state index is 12.6. The minimum atomic E-state index is -3.77. The van der Waals surface area contributed by atoms with Gasteiger partial charge in [0.15, 0.2) is 6.61 Å². The van der Waals surface area contributed by atoms with Crippen molar-refractivity contribution in [3.05, 3.63) is 83.9 Å². The zero-order valence-electron chi connectivity index (χ0n) is 18.3. The Kier molecular flexibility index (Phi) is 6.84. The lowest BCUT2D eigenvalue weighted by Crippen LogP contribution is -2.34. The fraction of sp³-hybridized carbons (Fsp3) is 0.240. The van der Waals surface area contributed by atoms with Crippen LogP contribution in [-0.2, 0) is 21.2 Å². The number of anilines is 1. The normalized spacial score (nSPS) is 15.2. The van der Waals surface area contributed by atoms with Crippen LogP contribution in [0.5, 0.6) is 11.5 Å². The first-order chi connectivity index (χ1) is 15.9. The van der Waals surface area contributed by atoms with Gasteiger partial charge < -0.3 is 14.8 Å². The number of amides is 1. The zero-order valence-corrected chi connectivity index (χ0v) is 19.1. The number of sulfonamides is 1. The van der Waals surface area contributed by atoms with E-state index in [9.17, 15) is 13.2 Å². The van der Waals surface area contributed by atoms with E-state index in [1.54, 1.807) is 24.3 Å². The van der Waals surface area contributed by atoms with E-state index in [1.807, 2.05) is 12.1 Å². The first-order valence-corrected chi connectivity index (χ1v) is 12.2. The van der Waals surface area contributed by atoms with E-state index in [-0.39, 0.29) is 23.5 Å². The van der Waals surface area contributed by atoms with Crippen LogP contribution < -0.4 is 19.5 Å². The van der Waals surface area contributed by atoms with E-state index >= 15 is 0 Å². The molecule has 1 atom stereocenters. The highest BCUT2D eigenvalue weighted by Crippen LogP contribution is 2.29. The first-order valence-electron chi connectivity index (χ1n) is 10.7. The van der Waals surface area contributed by atoms with E-state index < -0.39 is 10.0 Å². The van der Waals surface area contributed by atoms with E-state index in [2.05, 4.69) is 22.2 Å². The number of carbonyl (C=O) groups is 1. The maximum Gasteiger partial charge on any atom is 0.261 e. The molecule has 4 rings (SSSR count). The van der Waals surface area contributed by atoms with Crippen molar-refractivity contribution in [2.45, 2.75) is 30.2 Å². The molecule has 33 heavy (non-hydrogen) atoms. The predicted molar refractivity (Wildman–Crippen MR) is 126 cm³/mol. The van der Waals surface area contributed by atoms with Crippen molar-refractivity contribution in [1.29, 1.82) is 0 Å². The van der Waals surface area contributed by atoms with Crippen LogP contribution >= 0.6 is 0 Å². The second-order valence-electron chi connectivity index (χ2n) is 7.81. The summed E-state index contributed by atoms with van der Waals surface area (Å²) in [4.78, 5) is 12.5. The number of aryl methyl sites for hydroxylation is 1. The third-order valence-electron chi connectivity index (χ3n) is 5.53. The lowest BCUT2D eigenvalue weighted by atomic mass is 9.88. The summed E-state index contributed by atoms with van der Waals surface area (Å²) in [6.45, 7) is -0.146. The van der Waals surface area contributed by atoms with Gasteiger partial charge in [0, 0.05) is 6.07 Å². The lowest BCUT2D eigenvalue weighted by molar-refractivity contribution is -0.124. The highest BCUT2D eigenvalue weighted by molar-refractivity contribution is 7.92. The minimum absolute atomic E-state index is 0.0127. The van der Waals surface area contributed by atoms with E-state index in [0.29, 0.717) is 17.2 Å². The summed E-state index contributed by atoms with van der Waals surface area (Å²) in [6, 6.07) is 20.7. The maximum absolute atomic E-state index is 12.6. The zero-order chi connectivity index (χ0) is 23.3. The number of rotatable bonds is 8. The Balaban J connectivity index is 1.33. The second kappa shape index (κ2) is 9.95. The van der Waals surface area contributed by atoms with Crippen LogP contribution in [0.2, 0.25) is 0 Å². The average Bonchev–Trinajstić information content (AvgIpc) is 2.83. The summed E-state index contributed by atoms with van der Waals surface area (Å²) in [5.41, 5.74) is 2.83. The fourth-order valence-electron chi connectivity index (χ4n) is 3.90. The molecule has 0 aliphatic heterocycles. The Morgan fingerprint density at radius 3 is 2.58 bits per heavy atom. The molecule has 3 aromatic carbocycles. The van der Waals surface area contributed by atoms with Gasteiger partial charge in [0.25, 0.3) is 15.9 Å². The van der Waals surface area contributed by atoms with Gasteiger partial charge in [-0.15, -0.1) is 0 Å². The van der Waals surface area contributed by atoms with Crippen LogP contribution in [0, 0.1) is 0 Å². The molecule has 7 nitrogen and oxygen atoms in total.